The highest BCUT2D eigenvalue weighted by molar-refractivity contribution is 7.17. The number of thiophene rings is 1. The van der Waals surface area contributed by atoms with E-state index in [1.807, 2.05) is 72.9 Å². The van der Waals surface area contributed by atoms with Gasteiger partial charge in [0.2, 0.25) is 5.78 Å². The summed E-state index contributed by atoms with van der Waals surface area (Å²) in [5, 5.41) is 2.55. The summed E-state index contributed by atoms with van der Waals surface area (Å²) < 4.78 is 7.07. The Morgan fingerprint density at radius 3 is 2.56 bits per heavy atom. The van der Waals surface area contributed by atoms with Crippen LogP contribution in [-0.2, 0) is 4.74 Å². The van der Waals surface area contributed by atoms with E-state index in [9.17, 15) is 9.59 Å². The second kappa shape index (κ2) is 8.26. The minimum absolute atomic E-state index is 0.143. The number of hydrogen-bond acceptors (Lipinski definition) is 4. The molecule has 2 aromatic carbocycles. The Morgan fingerprint density at radius 2 is 1.78 bits per heavy atom. The number of ketones is 1. The number of halogens is 1. The van der Waals surface area contributed by atoms with Gasteiger partial charge in [-0.3, -0.25) is 4.79 Å². The number of pyridine rings is 1. The smallest absolute Gasteiger partial charge is 0.340 e. The normalized spacial score (nSPS) is 11.2. The summed E-state index contributed by atoms with van der Waals surface area (Å²) in [5.41, 5.74) is 2.50. The van der Waals surface area contributed by atoms with Gasteiger partial charge < -0.3 is 9.14 Å². The Balaban J connectivity index is 1.64. The summed E-state index contributed by atoms with van der Waals surface area (Å²) in [4.78, 5) is 27.8. The van der Waals surface area contributed by atoms with E-state index < -0.39 is 5.97 Å². The topological polar surface area (TPSA) is 47.8 Å². The molecule has 0 radical (unpaired) electrons. The van der Waals surface area contributed by atoms with Crippen molar-refractivity contribution in [3.05, 3.63) is 100 Å². The predicted molar refractivity (Wildman–Crippen MR) is 129 cm³/mol. The van der Waals surface area contributed by atoms with Gasteiger partial charge in [0.05, 0.1) is 28.3 Å². The average molecular weight is 460 g/mol. The van der Waals surface area contributed by atoms with Gasteiger partial charge in [0.15, 0.2) is 0 Å². The molecule has 0 bridgehead atoms. The summed E-state index contributed by atoms with van der Waals surface area (Å²) in [5.74, 6) is -0.579. The zero-order valence-electron chi connectivity index (χ0n) is 17.2. The minimum atomic E-state index is -0.437. The maximum atomic E-state index is 13.5. The van der Waals surface area contributed by atoms with Gasteiger partial charge in [-0.25, -0.2) is 4.79 Å². The first-order valence-electron chi connectivity index (χ1n) is 10.2. The van der Waals surface area contributed by atoms with Crippen LogP contribution in [0.2, 0.25) is 5.02 Å². The van der Waals surface area contributed by atoms with Crippen molar-refractivity contribution in [3.63, 3.8) is 0 Å². The number of benzene rings is 2. The number of ether oxygens (including phenoxy) is 1. The molecule has 3 heterocycles. The quantitative estimate of drug-likeness (QED) is 0.212. The zero-order valence-corrected chi connectivity index (χ0v) is 18.7. The van der Waals surface area contributed by atoms with Gasteiger partial charge in [-0.15, -0.1) is 11.3 Å². The number of rotatable bonds is 5. The number of nitrogens with zero attached hydrogens (tertiary/aromatic N) is 1. The molecule has 0 aliphatic rings. The van der Waals surface area contributed by atoms with Crippen LogP contribution in [0, 0.1) is 0 Å². The monoisotopic (exact) mass is 459 g/mol. The van der Waals surface area contributed by atoms with Crippen LogP contribution in [0.15, 0.2) is 79.0 Å². The third-order valence-electron chi connectivity index (χ3n) is 5.34. The Bertz CT molecular complexity index is 1480. The zero-order chi connectivity index (χ0) is 22.2. The van der Waals surface area contributed by atoms with Crippen LogP contribution in [0.4, 0.5) is 0 Å². The van der Waals surface area contributed by atoms with Crippen molar-refractivity contribution in [3.8, 4) is 10.4 Å². The molecule has 0 N–H and O–H groups in total. The molecule has 0 fully saturated rings. The molecule has 0 saturated heterocycles. The van der Waals surface area contributed by atoms with Crippen LogP contribution in [0.1, 0.15) is 32.6 Å². The number of carbonyl (C=O) groups excluding carboxylic acids is 2. The van der Waals surface area contributed by atoms with E-state index in [0.717, 1.165) is 21.2 Å². The fraction of sp³-hybridized carbons (Fsp3) is 0.0769. The Morgan fingerprint density at radius 1 is 1.00 bits per heavy atom. The van der Waals surface area contributed by atoms with E-state index in [0.29, 0.717) is 26.7 Å². The predicted octanol–water partition coefficient (Wildman–Crippen LogP) is 6.88. The molecule has 0 amide bonds. The Kier molecular flexibility index (Phi) is 5.29. The highest BCUT2D eigenvalue weighted by Gasteiger charge is 2.24. The standard InChI is InChI=1S/C26H18ClNO3S/c1-2-31-26(30)20-15-21(28-14-13-16-5-3-4-6-19(16)24(20)28)25(29)23-12-11-22(32-23)17-7-9-18(27)10-8-17/h3-15H,2H2,1H3. The van der Waals surface area contributed by atoms with Gasteiger partial charge >= 0.3 is 5.97 Å². The van der Waals surface area contributed by atoms with E-state index >= 15 is 0 Å². The van der Waals surface area contributed by atoms with Crippen molar-refractivity contribution in [2.75, 3.05) is 6.61 Å². The van der Waals surface area contributed by atoms with Crippen molar-refractivity contribution < 1.29 is 14.3 Å². The van der Waals surface area contributed by atoms with Gasteiger partial charge in [-0.1, -0.05) is 48.0 Å². The van der Waals surface area contributed by atoms with Crippen LogP contribution >= 0.6 is 22.9 Å². The van der Waals surface area contributed by atoms with E-state index in [2.05, 4.69) is 0 Å². The first-order chi connectivity index (χ1) is 15.6. The lowest BCUT2D eigenvalue weighted by Crippen LogP contribution is -2.04. The first-order valence-corrected chi connectivity index (χ1v) is 11.4. The largest absolute Gasteiger partial charge is 0.462 e. The molecule has 5 rings (SSSR count). The number of fused-ring (bicyclic) bond motifs is 3. The van der Waals surface area contributed by atoms with Crippen molar-refractivity contribution in [2.45, 2.75) is 6.92 Å². The summed E-state index contributed by atoms with van der Waals surface area (Å²) in [6.07, 6.45) is 1.83. The van der Waals surface area contributed by atoms with Gasteiger partial charge in [0.1, 0.15) is 0 Å². The molecule has 6 heteroatoms. The summed E-state index contributed by atoms with van der Waals surface area (Å²) in [6, 6.07) is 22.7. The molecule has 5 aromatic rings. The molecule has 158 valence electrons. The second-order valence-corrected chi connectivity index (χ2v) is 8.81. The van der Waals surface area contributed by atoms with Gasteiger partial charge in [0.25, 0.3) is 0 Å². The summed E-state index contributed by atoms with van der Waals surface area (Å²) in [7, 11) is 0. The average Bonchev–Trinajstić information content (AvgIpc) is 3.45. The van der Waals surface area contributed by atoms with Crippen molar-refractivity contribution in [2.24, 2.45) is 0 Å². The third-order valence-corrected chi connectivity index (χ3v) is 6.73. The van der Waals surface area contributed by atoms with Crippen molar-refractivity contribution in [1.82, 2.24) is 4.40 Å². The van der Waals surface area contributed by atoms with Gasteiger partial charge in [-0.2, -0.15) is 0 Å². The molecule has 4 nitrogen and oxygen atoms in total. The molecule has 0 atom stereocenters. The summed E-state index contributed by atoms with van der Waals surface area (Å²) >= 11 is 7.40. The van der Waals surface area contributed by atoms with E-state index in [1.165, 1.54) is 11.3 Å². The number of esters is 1. The molecule has 0 aliphatic carbocycles. The van der Waals surface area contributed by atoms with Crippen LogP contribution in [0.25, 0.3) is 26.7 Å². The van der Waals surface area contributed by atoms with Crippen LogP contribution in [0.3, 0.4) is 0 Å². The Hall–Kier alpha value is -3.41. The lowest BCUT2D eigenvalue weighted by molar-refractivity contribution is 0.0529. The number of aromatic nitrogens is 1. The molecule has 0 saturated carbocycles. The molecule has 32 heavy (non-hydrogen) atoms. The van der Waals surface area contributed by atoms with Crippen LogP contribution < -0.4 is 0 Å². The van der Waals surface area contributed by atoms with E-state index in [-0.39, 0.29) is 12.4 Å². The second-order valence-electron chi connectivity index (χ2n) is 7.29. The third kappa shape index (κ3) is 3.49. The SMILES string of the molecule is CCOC(=O)c1cc(C(=O)c2ccc(-c3ccc(Cl)cc3)s2)n2ccc3ccccc3c12. The molecule has 0 aliphatic heterocycles. The van der Waals surface area contributed by atoms with Gasteiger partial charge in [-0.05, 0) is 54.3 Å². The Labute approximate surface area is 193 Å². The lowest BCUT2D eigenvalue weighted by Gasteiger charge is -2.06. The lowest BCUT2D eigenvalue weighted by atomic mass is 10.1. The molecule has 0 unspecified atom stereocenters. The maximum absolute atomic E-state index is 13.5. The molecular formula is C26H18ClNO3S. The fourth-order valence-electron chi connectivity index (χ4n) is 3.86. The first kappa shape index (κ1) is 20.5. The molecular weight excluding hydrogens is 442 g/mol. The van der Waals surface area contributed by atoms with Crippen molar-refractivity contribution in [1.29, 1.82) is 0 Å². The molecule has 3 aromatic heterocycles. The van der Waals surface area contributed by atoms with Crippen LogP contribution in [0.5, 0.6) is 0 Å². The highest BCUT2D eigenvalue weighted by Crippen LogP contribution is 2.32. The van der Waals surface area contributed by atoms with Crippen LogP contribution in [-0.4, -0.2) is 22.8 Å². The van der Waals surface area contributed by atoms with E-state index in [4.69, 9.17) is 16.3 Å². The van der Waals surface area contributed by atoms with E-state index in [1.54, 1.807) is 17.4 Å². The molecule has 0 spiro atoms. The highest BCUT2D eigenvalue weighted by atomic mass is 35.5. The maximum Gasteiger partial charge on any atom is 0.340 e. The van der Waals surface area contributed by atoms with Gasteiger partial charge in [0, 0.05) is 21.5 Å². The minimum Gasteiger partial charge on any atom is -0.462 e. The number of hydrogen-bond donors (Lipinski definition) is 0. The summed E-state index contributed by atoms with van der Waals surface area (Å²) in [6.45, 7) is 2.03. The van der Waals surface area contributed by atoms with Crippen molar-refractivity contribution >= 4 is 51.0 Å². The number of carbonyl (C=O) groups is 2. The fourth-order valence-corrected chi connectivity index (χ4v) is 4.95.